The molecule has 3 atom stereocenters. The highest BCUT2D eigenvalue weighted by Crippen LogP contribution is 2.51. The second-order valence-electron chi connectivity index (χ2n) is 5.14. The minimum atomic E-state index is -5.40. The number of halogens is 3. The van der Waals surface area contributed by atoms with E-state index in [0.717, 1.165) is 7.11 Å². The summed E-state index contributed by atoms with van der Waals surface area (Å²) in [5.41, 5.74) is 6.51. The molecule has 2 amide bonds. The maximum absolute atomic E-state index is 12.9. The Morgan fingerprint density at radius 2 is 1.96 bits per heavy atom. The molecular weight excluding hydrogens is 387 g/mol. The van der Waals surface area contributed by atoms with Crippen LogP contribution in [0.2, 0.25) is 0 Å². The molecule has 0 radical (unpaired) electrons. The standard InChI is InChI=1S/C12H12F3N3O7S/c1-24-11(7(21)12(13,14)15)8(22)18-4(6(19)20)3(2-25-10(17)23)5(16)26-9(11)18/h5,9H,2,16H2,1H3,(H2,17,23)(H,19,20)/t5?,9-,11?/m1/s1. The third-order valence-corrected chi connectivity index (χ3v) is 5.15. The minimum Gasteiger partial charge on any atom is -0.477 e. The molecule has 5 N–H and O–H groups in total. The molecule has 1 saturated heterocycles. The molecule has 0 aromatic carbocycles. The molecule has 0 aromatic heterocycles. The van der Waals surface area contributed by atoms with Crippen molar-refractivity contribution in [3.8, 4) is 0 Å². The molecule has 0 spiro atoms. The van der Waals surface area contributed by atoms with Gasteiger partial charge in [-0.05, 0) is 0 Å². The van der Waals surface area contributed by atoms with Gasteiger partial charge in [-0.15, -0.1) is 11.8 Å². The SMILES string of the molecule is COC1(C(=O)C(F)(F)F)C(=O)N2C(C(=O)O)=C(COC(N)=O)C(N)S[C@@H]21. The van der Waals surface area contributed by atoms with Gasteiger partial charge in [0, 0.05) is 12.7 Å². The fourth-order valence-corrected chi connectivity index (χ4v) is 4.07. The predicted molar refractivity (Wildman–Crippen MR) is 77.2 cm³/mol. The van der Waals surface area contributed by atoms with Gasteiger partial charge in [0.15, 0.2) is 0 Å². The summed E-state index contributed by atoms with van der Waals surface area (Å²) >= 11 is 0.480. The average molecular weight is 399 g/mol. The van der Waals surface area contributed by atoms with Crippen LogP contribution in [0.1, 0.15) is 0 Å². The molecular formula is C12H12F3N3O7S. The fraction of sp³-hybridized carbons (Fsp3) is 0.500. The van der Waals surface area contributed by atoms with Crippen molar-refractivity contribution in [2.75, 3.05) is 13.7 Å². The molecule has 2 aliphatic heterocycles. The zero-order chi connectivity index (χ0) is 20.0. The van der Waals surface area contributed by atoms with E-state index in [1.54, 1.807) is 0 Å². The first kappa shape index (κ1) is 20.0. The lowest BCUT2D eigenvalue weighted by atomic mass is 9.85. The number of β-lactam (4-membered cyclic amide) rings is 1. The highest BCUT2D eigenvalue weighted by Gasteiger charge is 2.74. The van der Waals surface area contributed by atoms with Crippen LogP contribution in [-0.4, -0.2) is 70.0 Å². The number of hydrogen-bond donors (Lipinski definition) is 3. The van der Waals surface area contributed by atoms with Gasteiger partial charge in [0.1, 0.15) is 17.7 Å². The molecule has 2 aliphatic rings. The topological polar surface area (TPSA) is 162 Å². The number of carboxylic acids is 1. The lowest BCUT2D eigenvalue weighted by molar-refractivity contribution is -0.213. The molecule has 1 fully saturated rings. The third-order valence-electron chi connectivity index (χ3n) is 3.77. The van der Waals surface area contributed by atoms with E-state index in [9.17, 15) is 37.5 Å². The lowest BCUT2D eigenvalue weighted by Gasteiger charge is -2.55. The number of amides is 2. The van der Waals surface area contributed by atoms with Crippen molar-refractivity contribution in [1.82, 2.24) is 4.90 Å². The average Bonchev–Trinajstić information content (AvgIpc) is 2.52. The second-order valence-corrected chi connectivity index (χ2v) is 6.36. The number of alkyl halides is 3. The van der Waals surface area contributed by atoms with E-state index < -0.39 is 58.6 Å². The number of ether oxygens (including phenoxy) is 2. The zero-order valence-electron chi connectivity index (χ0n) is 12.9. The molecule has 26 heavy (non-hydrogen) atoms. The van der Waals surface area contributed by atoms with Crippen LogP contribution in [0.25, 0.3) is 0 Å². The van der Waals surface area contributed by atoms with Crippen LogP contribution in [-0.2, 0) is 23.9 Å². The number of hydrogen-bond acceptors (Lipinski definition) is 8. The smallest absolute Gasteiger partial charge is 0.453 e. The van der Waals surface area contributed by atoms with Crippen LogP contribution in [0.5, 0.6) is 0 Å². The van der Waals surface area contributed by atoms with Crippen molar-refractivity contribution in [3.63, 3.8) is 0 Å². The Morgan fingerprint density at radius 1 is 1.38 bits per heavy atom. The molecule has 2 unspecified atom stereocenters. The zero-order valence-corrected chi connectivity index (χ0v) is 13.7. The number of aliphatic carboxylic acids is 1. The highest BCUT2D eigenvalue weighted by molar-refractivity contribution is 8.01. The largest absolute Gasteiger partial charge is 0.477 e. The van der Waals surface area contributed by atoms with Gasteiger partial charge in [0.05, 0.1) is 5.37 Å². The number of Topliss-reactive ketones (excluding diaryl/α,β-unsaturated/α-hetero) is 1. The van der Waals surface area contributed by atoms with E-state index in [0.29, 0.717) is 16.7 Å². The summed E-state index contributed by atoms with van der Waals surface area (Å²) in [5, 5.41) is 6.38. The van der Waals surface area contributed by atoms with Crippen molar-refractivity contribution in [3.05, 3.63) is 11.3 Å². The Morgan fingerprint density at radius 3 is 2.38 bits per heavy atom. The number of nitrogens with zero attached hydrogens (tertiary/aromatic N) is 1. The van der Waals surface area contributed by atoms with Crippen LogP contribution in [0.3, 0.4) is 0 Å². The van der Waals surface area contributed by atoms with Gasteiger partial charge in [-0.1, -0.05) is 0 Å². The van der Waals surface area contributed by atoms with Crippen molar-refractivity contribution in [2.45, 2.75) is 22.5 Å². The monoisotopic (exact) mass is 399 g/mol. The Balaban J connectivity index is 2.51. The normalized spacial score (nSPS) is 28.3. The molecule has 14 heteroatoms. The van der Waals surface area contributed by atoms with E-state index in [4.69, 9.17) is 11.5 Å². The summed E-state index contributed by atoms with van der Waals surface area (Å²) in [6, 6.07) is 0. The number of methoxy groups -OCH3 is 1. The summed E-state index contributed by atoms with van der Waals surface area (Å²) < 4.78 is 47.7. The van der Waals surface area contributed by atoms with Crippen LogP contribution >= 0.6 is 11.8 Å². The van der Waals surface area contributed by atoms with E-state index >= 15 is 0 Å². The summed E-state index contributed by atoms with van der Waals surface area (Å²) in [4.78, 5) is 46.8. The van der Waals surface area contributed by atoms with Crippen molar-refractivity contribution in [1.29, 1.82) is 0 Å². The molecule has 144 valence electrons. The highest BCUT2D eigenvalue weighted by atomic mass is 32.2. The van der Waals surface area contributed by atoms with Gasteiger partial charge in [-0.2, -0.15) is 13.2 Å². The fourth-order valence-electron chi connectivity index (χ4n) is 2.63. The van der Waals surface area contributed by atoms with Gasteiger partial charge in [0.2, 0.25) is 5.60 Å². The quantitative estimate of drug-likeness (QED) is 0.394. The number of primary amides is 1. The predicted octanol–water partition coefficient (Wildman–Crippen LogP) is -0.863. The van der Waals surface area contributed by atoms with Crippen LogP contribution in [0, 0.1) is 0 Å². The number of fused-ring (bicyclic) bond motifs is 1. The van der Waals surface area contributed by atoms with E-state index in [-0.39, 0.29) is 5.57 Å². The number of carbonyl (C=O) groups excluding carboxylic acids is 3. The number of ketones is 1. The molecule has 0 aliphatic carbocycles. The summed E-state index contributed by atoms with van der Waals surface area (Å²) in [6.07, 6.45) is -6.65. The lowest BCUT2D eigenvalue weighted by Crippen LogP contribution is -2.79. The number of thioether (sulfide) groups is 1. The Hall–Kier alpha value is -2.32. The minimum absolute atomic E-state index is 0.268. The first-order chi connectivity index (χ1) is 11.9. The molecule has 10 nitrogen and oxygen atoms in total. The molecule has 0 aromatic rings. The molecule has 2 rings (SSSR count). The van der Waals surface area contributed by atoms with Gasteiger partial charge in [-0.3, -0.25) is 14.5 Å². The van der Waals surface area contributed by atoms with Gasteiger partial charge in [0.25, 0.3) is 11.7 Å². The van der Waals surface area contributed by atoms with Crippen molar-refractivity contribution < 1.29 is 46.9 Å². The van der Waals surface area contributed by atoms with Gasteiger partial charge >= 0.3 is 18.2 Å². The van der Waals surface area contributed by atoms with E-state index in [2.05, 4.69) is 9.47 Å². The van der Waals surface area contributed by atoms with E-state index in [1.807, 2.05) is 0 Å². The number of nitrogens with two attached hydrogens (primary N) is 2. The number of carboxylic acid groups (broad SMARTS) is 1. The Kier molecular flexibility index (Phi) is 4.95. The molecule has 2 heterocycles. The van der Waals surface area contributed by atoms with Crippen LogP contribution < -0.4 is 11.5 Å². The summed E-state index contributed by atoms with van der Waals surface area (Å²) in [6.45, 7) is -0.700. The second kappa shape index (κ2) is 6.44. The first-order valence-electron chi connectivity index (χ1n) is 6.69. The van der Waals surface area contributed by atoms with Gasteiger partial charge < -0.3 is 26.0 Å². The van der Waals surface area contributed by atoms with Gasteiger partial charge in [-0.25, -0.2) is 9.59 Å². The summed E-state index contributed by atoms with van der Waals surface area (Å²) in [7, 11) is 0.723. The first-order valence-corrected chi connectivity index (χ1v) is 7.63. The maximum Gasteiger partial charge on any atom is 0.453 e. The molecule has 0 saturated carbocycles. The van der Waals surface area contributed by atoms with Crippen LogP contribution in [0.4, 0.5) is 18.0 Å². The third kappa shape index (κ3) is 2.79. The number of carbonyl (C=O) groups is 4. The summed E-state index contributed by atoms with van der Waals surface area (Å²) in [5.74, 6) is -5.70. The van der Waals surface area contributed by atoms with Crippen molar-refractivity contribution >= 4 is 35.5 Å². The Labute approximate surface area is 147 Å². The number of rotatable bonds is 5. The van der Waals surface area contributed by atoms with Crippen molar-refractivity contribution in [2.24, 2.45) is 11.5 Å². The maximum atomic E-state index is 12.9. The Bertz CT molecular complexity index is 725. The van der Waals surface area contributed by atoms with E-state index in [1.165, 1.54) is 0 Å². The molecule has 0 bridgehead atoms. The van der Waals surface area contributed by atoms with Crippen LogP contribution in [0.15, 0.2) is 11.3 Å².